The highest BCUT2D eigenvalue weighted by molar-refractivity contribution is 7.53. The number of hydrogen-bond donors (Lipinski definition) is 4. The smallest absolute Gasteiger partial charge is 0.326 e. The number of carbonyl (C=O) groups excluding carboxylic acids is 2. The van der Waals surface area contributed by atoms with E-state index < -0.39 is 19.2 Å². The van der Waals surface area contributed by atoms with Crippen molar-refractivity contribution >= 4 is 42.1 Å². The summed E-state index contributed by atoms with van der Waals surface area (Å²) in [4.78, 5) is 44.1. The molecule has 4 N–H and O–H groups in total. The summed E-state index contributed by atoms with van der Waals surface area (Å²) in [7, 11) is -4.55. The molecule has 0 saturated carbocycles. The zero-order valence-electron chi connectivity index (χ0n) is 15.1. The molecule has 2 amide bonds. The van der Waals surface area contributed by atoms with Gasteiger partial charge in [0.15, 0.2) is 0 Å². The van der Waals surface area contributed by atoms with Gasteiger partial charge in [0, 0.05) is 16.3 Å². The van der Waals surface area contributed by atoms with E-state index in [2.05, 4.69) is 10.6 Å². The maximum atomic E-state index is 12.3. The van der Waals surface area contributed by atoms with E-state index in [4.69, 9.17) is 0 Å². The Morgan fingerprint density at radius 2 is 1.67 bits per heavy atom. The van der Waals surface area contributed by atoms with Crippen LogP contribution in [0, 0.1) is 5.92 Å². The Hall–Kier alpha value is -1.99. The maximum Gasteiger partial charge on any atom is 0.337 e. The Kier molecular flexibility index (Phi) is 7.33. The second kappa shape index (κ2) is 9.28. The van der Waals surface area contributed by atoms with Crippen LogP contribution in [-0.2, 0) is 20.6 Å². The van der Waals surface area contributed by atoms with E-state index in [0.29, 0.717) is 11.4 Å². The average molecular weight is 410 g/mol. The zero-order chi connectivity index (χ0) is 20.0. The number of carbonyl (C=O) groups is 2. The van der Waals surface area contributed by atoms with Crippen molar-refractivity contribution in [1.82, 2.24) is 0 Å². The van der Waals surface area contributed by atoms with Crippen LogP contribution in [0.3, 0.4) is 0 Å². The Morgan fingerprint density at radius 1 is 1.07 bits per heavy atom. The van der Waals surface area contributed by atoms with E-state index in [9.17, 15) is 23.9 Å². The summed E-state index contributed by atoms with van der Waals surface area (Å²) in [5.41, 5.74) is -0.413. The van der Waals surface area contributed by atoms with Gasteiger partial charge in [-0.05, 0) is 48.1 Å². The first-order chi connectivity index (χ1) is 12.6. The van der Waals surface area contributed by atoms with Crippen molar-refractivity contribution in [1.29, 1.82) is 0 Å². The van der Waals surface area contributed by atoms with Crippen LogP contribution < -0.4 is 10.6 Å². The van der Waals surface area contributed by atoms with Gasteiger partial charge in [-0.1, -0.05) is 19.9 Å². The Morgan fingerprint density at radius 3 is 2.15 bits per heavy atom. The highest BCUT2D eigenvalue weighted by atomic mass is 32.1. The Balaban J connectivity index is 1.96. The lowest BCUT2D eigenvalue weighted by molar-refractivity contribution is -0.117. The van der Waals surface area contributed by atoms with Crippen molar-refractivity contribution < 1.29 is 23.9 Å². The van der Waals surface area contributed by atoms with Gasteiger partial charge in [-0.15, -0.1) is 11.3 Å². The fourth-order valence-corrected chi connectivity index (χ4v) is 4.25. The molecule has 0 aliphatic heterocycles. The van der Waals surface area contributed by atoms with Crippen LogP contribution in [0.5, 0.6) is 0 Å². The van der Waals surface area contributed by atoms with Crippen LogP contribution in [0.25, 0.3) is 0 Å². The predicted octanol–water partition coefficient (Wildman–Crippen LogP) is 3.46. The van der Waals surface area contributed by atoms with E-state index >= 15 is 0 Å². The molecule has 9 heteroatoms. The lowest BCUT2D eigenvalue weighted by Gasteiger charge is -2.19. The molecule has 0 aliphatic rings. The van der Waals surface area contributed by atoms with Crippen LogP contribution >= 0.6 is 18.9 Å². The quantitative estimate of drug-likeness (QED) is 0.498. The van der Waals surface area contributed by atoms with E-state index in [1.54, 1.807) is 38.1 Å². The van der Waals surface area contributed by atoms with Crippen molar-refractivity contribution in [2.24, 2.45) is 5.92 Å². The van der Waals surface area contributed by atoms with E-state index in [-0.39, 0.29) is 24.7 Å². The molecule has 27 heavy (non-hydrogen) atoms. The molecule has 0 saturated heterocycles. The third kappa shape index (κ3) is 6.92. The first-order valence-corrected chi connectivity index (χ1v) is 11.0. The molecule has 2 rings (SSSR count). The molecular formula is C18H23N2O5PS. The normalized spacial score (nSPS) is 12.6. The van der Waals surface area contributed by atoms with Gasteiger partial charge < -0.3 is 20.4 Å². The average Bonchev–Trinajstić information content (AvgIpc) is 3.06. The number of amides is 2. The predicted molar refractivity (Wildman–Crippen MR) is 107 cm³/mol. The molecule has 0 aliphatic carbocycles. The van der Waals surface area contributed by atoms with Gasteiger partial charge in [0.2, 0.25) is 11.8 Å². The molecule has 1 aromatic carbocycles. The molecule has 1 heterocycles. The monoisotopic (exact) mass is 410 g/mol. The van der Waals surface area contributed by atoms with Crippen LogP contribution in [-0.4, -0.2) is 27.3 Å². The summed E-state index contributed by atoms with van der Waals surface area (Å²) in [6.07, 6.45) is 0.377. The molecule has 1 aromatic heterocycles. The topological polar surface area (TPSA) is 116 Å². The molecule has 146 valence electrons. The third-order valence-corrected chi connectivity index (χ3v) is 5.89. The third-order valence-electron chi connectivity index (χ3n) is 3.75. The number of benzene rings is 1. The molecule has 0 spiro atoms. The summed E-state index contributed by atoms with van der Waals surface area (Å²) in [5, 5.41) is 7.20. The minimum Gasteiger partial charge on any atom is -0.326 e. The summed E-state index contributed by atoms with van der Waals surface area (Å²) in [5.74, 6) is -0.895. The molecule has 0 fully saturated rings. The van der Waals surface area contributed by atoms with Gasteiger partial charge in [0.25, 0.3) is 0 Å². The van der Waals surface area contributed by atoms with E-state index in [1.165, 1.54) is 11.3 Å². The van der Waals surface area contributed by atoms with Gasteiger partial charge in [-0.2, -0.15) is 0 Å². The second-order valence-corrected chi connectivity index (χ2v) is 9.44. The lowest BCUT2D eigenvalue weighted by Crippen LogP contribution is -2.29. The lowest BCUT2D eigenvalue weighted by atomic mass is 10.1. The standard InChI is InChI=1S/C18H23N2O5PS/c1-12(2)10-16(26(23,24)25)18(22)20-14-7-5-13(6-8-14)19-17(21)11-15-4-3-9-27-15/h3-9,12,16H,10-11H2,1-2H3,(H,19,21)(H,20,22)(H2,23,24,25). The van der Waals surface area contributed by atoms with Gasteiger partial charge >= 0.3 is 7.60 Å². The van der Waals surface area contributed by atoms with Crippen molar-refractivity contribution in [3.8, 4) is 0 Å². The summed E-state index contributed by atoms with van der Waals surface area (Å²) < 4.78 is 11.6. The van der Waals surface area contributed by atoms with E-state index in [1.807, 2.05) is 17.5 Å². The molecule has 1 unspecified atom stereocenters. The van der Waals surface area contributed by atoms with Crippen LogP contribution in [0.15, 0.2) is 41.8 Å². The number of anilines is 2. The SMILES string of the molecule is CC(C)CC(C(=O)Nc1ccc(NC(=O)Cc2cccs2)cc1)P(=O)(O)O. The maximum absolute atomic E-state index is 12.3. The number of nitrogens with one attached hydrogen (secondary N) is 2. The molecule has 1 atom stereocenters. The van der Waals surface area contributed by atoms with Gasteiger partial charge in [0.05, 0.1) is 6.42 Å². The second-order valence-electron chi connectivity index (χ2n) is 6.61. The molecule has 0 bridgehead atoms. The van der Waals surface area contributed by atoms with Gasteiger partial charge in [0.1, 0.15) is 5.66 Å². The van der Waals surface area contributed by atoms with Crippen LogP contribution in [0.4, 0.5) is 11.4 Å². The largest absolute Gasteiger partial charge is 0.337 e. The number of hydrogen-bond acceptors (Lipinski definition) is 4. The molecule has 2 aromatic rings. The van der Waals surface area contributed by atoms with Crippen LogP contribution in [0.1, 0.15) is 25.1 Å². The first-order valence-electron chi connectivity index (χ1n) is 8.43. The first kappa shape index (κ1) is 21.3. The number of rotatable bonds is 8. The van der Waals surface area contributed by atoms with Gasteiger partial charge in [-0.3, -0.25) is 14.2 Å². The van der Waals surface area contributed by atoms with Crippen molar-refractivity contribution in [3.05, 3.63) is 46.7 Å². The highest BCUT2D eigenvalue weighted by Gasteiger charge is 2.36. The minimum absolute atomic E-state index is 0.0330. The molecule has 7 nitrogen and oxygen atoms in total. The Bertz CT molecular complexity index is 815. The minimum atomic E-state index is -4.55. The van der Waals surface area contributed by atoms with Crippen molar-refractivity contribution in [2.75, 3.05) is 10.6 Å². The summed E-state index contributed by atoms with van der Waals surface area (Å²) in [6, 6.07) is 10.2. The highest BCUT2D eigenvalue weighted by Crippen LogP contribution is 2.44. The zero-order valence-corrected chi connectivity index (χ0v) is 16.8. The molecular weight excluding hydrogens is 387 g/mol. The van der Waals surface area contributed by atoms with Gasteiger partial charge in [-0.25, -0.2) is 0 Å². The fraction of sp³-hybridized carbons (Fsp3) is 0.333. The van der Waals surface area contributed by atoms with Crippen LogP contribution in [0.2, 0.25) is 0 Å². The van der Waals surface area contributed by atoms with Crippen molar-refractivity contribution in [3.63, 3.8) is 0 Å². The summed E-state index contributed by atoms with van der Waals surface area (Å²) in [6.45, 7) is 3.59. The number of thiophene rings is 1. The van der Waals surface area contributed by atoms with E-state index in [0.717, 1.165) is 4.88 Å². The Labute approximate surface area is 162 Å². The molecule has 0 radical (unpaired) electrons. The summed E-state index contributed by atoms with van der Waals surface area (Å²) >= 11 is 1.51. The fourth-order valence-electron chi connectivity index (χ4n) is 2.48. The van der Waals surface area contributed by atoms with Crippen molar-refractivity contribution in [2.45, 2.75) is 32.3 Å².